The van der Waals surface area contributed by atoms with Gasteiger partial charge in [-0.25, -0.2) is 0 Å². The monoisotopic (exact) mass is 381 g/mol. The number of hydrogen-bond donors (Lipinski definition) is 2. The number of rotatable bonds is 8. The smallest absolute Gasteiger partial charge is 0.253 e. The maximum Gasteiger partial charge on any atom is 0.253 e. The third-order valence-electron chi connectivity index (χ3n) is 4.86. The largest absolute Gasteiger partial charge is 0.339 e. The number of hydrogen-bond acceptors (Lipinski definition) is 3. The number of nitrogens with one attached hydrogen (secondary N) is 1. The van der Waals surface area contributed by atoms with Crippen LogP contribution in [0.1, 0.15) is 62.7 Å². The Hall–Kier alpha value is -1.59. The summed E-state index contributed by atoms with van der Waals surface area (Å²) in [6.07, 6.45) is 5.53. The molecule has 0 bridgehead atoms. The van der Waals surface area contributed by atoms with Crippen molar-refractivity contribution in [3.63, 3.8) is 0 Å². The number of anilines is 1. The summed E-state index contributed by atoms with van der Waals surface area (Å²) in [6, 6.07) is 7.33. The van der Waals surface area contributed by atoms with Crippen molar-refractivity contribution >= 4 is 29.9 Å². The zero-order chi connectivity index (χ0) is 18.2. The minimum Gasteiger partial charge on any atom is -0.339 e. The Morgan fingerprint density at radius 2 is 1.73 bits per heavy atom. The molecule has 0 unspecified atom stereocenters. The van der Waals surface area contributed by atoms with Gasteiger partial charge in [0, 0.05) is 36.8 Å². The molecule has 0 saturated heterocycles. The maximum absolute atomic E-state index is 12.5. The fraction of sp³-hybridized carbons (Fsp3) is 0.600. The Bertz CT molecular complexity index is 571. The van der Waals surface area contributed by atoms with E-state index in [1.807, 2.05) is 4.90 Å². The van der Waals surface area contributed by atoms with Crippen LogP contribution in [-0.2, 0) is 4.79 Å². The number of amides is 2. The molecule has 146 valence electrons. The summed E-state index contributed by atoms with van der Waals surface area (Å²) in [4.78, 5) is 26.6. The lowest BCUT2D eigenvalue weighted by molar-refractivity contribution is -0.117. The lowest BCUT2D eigenvalue weighted by Gasteiger charge is -2.21. The fourth-order valence-electron chi connectivity index (χ4n) is 3.50. The van der Waals surface area contributed by atoms with Gasteiger partial charge >= 0.3 is 0 Å². The molecule has 0 aliphatic heterocycles. The highest BCUT2D eigenvalue weighted by atomic mass is 35.5. The zero-order valence-electron chi connectivity index (χ0n) is 15.9. The molecule has 1 saturated carbocycles. The molecule has 1 fully saturated rings. The summed E-state index contributed by atoms with van der Waals surface area (Å²) >= 11 is 0. The predicted octanol–water partition coefficient (Wildman–Crippen LogP) is 3.83. The van der Waals surface area contributed by atoms with Crippen LogP contribution in [0.2, 0.25) is 0 Å². The highest BCUT2D eigenvalue weighted by molar-refractivity contribution is 5.95. The van der Waals surface area contributed by atoms with Gasteiger partial charge in [-0.05, 0) is 55.9 Å². The zero-order valence-corrected chi connectivity index (χ0v) is 16.7. The summed E-state index contributed by atoms with van der Waals surface area (Å²) in [5.74, 6) is 0.344. The van der Waals surface area contributed by atoms with Crippen LogP contribution < -0.4 is 11.1 Å². The van der Waals surface area contributed by atoms with Gasteiger partial charge in [-0.3, -0.25) is 9.59 Å². The average molecular weight is 382 g/mol. The Kier molecular flexibility index (Phi) is 9.66. The van der Waals surface area contributed by atoms with Crippen molar-refractivity contribution in [3.05, 3.63) is 29.8 Å². The van der Waals surface area contributed by atoms with E-state index >= 15 is 0 Å². The number of nitrogens with zero attached hydrogens (tertiary/aromatic N) is 1. The lowest BCUT2D eigenvalue weighted by atomic mass is 10.00. The molecule has 26 heavy (non-hydrogen) atoms. The second kappa shape index (κ2) is 11.2. The number of carbonyl (C=O) groups excluding carboxylic acids is 2. The molecule has 1 aliphatic rings. The molecule has 0 spiro atoms. The molecule has 5 nitrogen and oxygen atoms in total. The molecule has 1 aliphatic carbocycles. The van der Waals surface area contributed by atoms with Gasteiger partial charge in [0.05, 0.1) is 0 Å². The van der Waals surface area contributed by atoms with Gasteiger partial charge in [-0.15, -0.1) is 12.4 Å². The van der Waals surface area contributed by atoms with E-state index in [9.17, 15) is 9.59 Å². The number of carbonyl (C=O) groups is 2. The van der Waals surface area contributed by atoms with Crippen LogP contribution >= 0.6 is 12.4 Å². The van der Waals surface area contributed by atoms with E-state index in [2.05, 4.69) is 19.2 Å². The molecule has 2 atom stereocenters. The van der Waals surface area contributed by atoms with Gasteiger partial charge in [-0.2, -0.15) is 0 Å². The predicted molar refractivity (Wildman–Crippen MR) is 109 cm³/mol. The van der Waals surface area contributed by atoms with E-state index in [4.69, 9.17) is 5.73 Å². The molecule has 1 aromatic rings. The second-order valence-electron chi connectivity index (χ2n) is 6.98. The van der Waals surface area contributed by atoms with E-state index in [0.29, 0.717) is 12.0 Å². The first-order valence-electron chi connectivity index (χ1n) is 9.49. The maximum atomic E-state index is 12.5. The quantitative estimate of drug-likeness (QED) is 0.718. The van der Waals surface area contributed by atoms with Crippen LogP contribution in [0.15, 0.2) is 24.3 Å². The topological polar surface area (TPSA) is 75.4 Å². The van der Waals surface area contributed by atoms with Crippen LogP contribution in [0.3, 0.4) is 0 Å². The molecule has 0 heterocycles. The standard InChI is InChI=1S/C20H31N3O2.ClH/c1-3-12-23(13-4-2)20(25)15-8-10-17(11-9-15)22-19(24)14-16-6-5-7-18(16)21;/h8-11,16,18H,3-7,12-14,21H2,1-2H3,(H,22,24);1H/t16-,18+;/m0./s1. The lowest BCUT2D eigenvalue weighted by Crippen LogP contribution is -2.32. The van der Waals surface area contributed by atoms with E-state index in [0.717, 1.165) is 50.9 Å². The van der Waals surface area contributed by atoms with Crippen molar-refractivity contribution in [2.75, 3.05) is 18.4 Å². The van der Waals surface area contributed by atoms with E-state index in [1.54, 1.807) is 24.3 Å². The molecule has 3 N–H and O–H groups in total. The third kappa shape index (κ3) is 6.29. The van der Waals surface area contributed by atoms with Crippen molar-refractivity contribution in [2.24, 2.45) is 11.7 Å². The summed E-state index contributed by atoms with van der Waals surface area (Å²) < 4.78 is 0. The van der Waals surface area contributed by atoms with Crippen molar-refractivity contribution in [1.29, 1.82) is 0 Å². The minimum absolute atomic E-state index is 0. The van der Waals surface area contributed by atoms with Gasteiger partial charge < -0.3 is 16.0 Å². The van der Waals surface area contributed by atoms with E-state index < -0.39 is 0 Å². The molecule has 2 amide bonds. The molecule has 6 heteroatoms. The Balaban J connectivity index is 0.00000338. The molecule has 2 rings (SSSR count). The van der Waals surface area contributed by atoms with E-state index in [-0.39, 0.29) is 36.2 Å². The first kappa shape index (κ1) is 22.5. The van der Waals surface area contributed by atoms with Crippen LogP contribution in [0.4, 0.5) is 5.69 Å². The summed E-state index contributed by atoms with van der Waals surface area (Å²) in [7, 11) is 0. The first-order valence-corrected chi connectivity index (χ1v) is 9.49. The highest BCUT2D eigenvalue weighted by Gasteiger charge is 2.26. The molecular formula is C20H32ClN3O2. The van der Waals surface area contributed by atoms with Gasteiger partial charge in [-0.1, -0.05) is 20.3 Å². The molecule has 0 aromatic heterocycles. The van der Waals surface area contributed by atoms with Crippen LogP contribution in [0.25, 0.3) is 0 Å². The number of benzene rings is 1. The van der Waals surface area contributed by atoms with Crippen molar-refractivity contribution in [1.82, 2.24) is 4.90 Å². The second-order valence-corrected chi connectivity index (χ2v) is 6.98. The normalized spacial score (nSPS) is 18.9. The molecule has 0 radical (unpaired) electrons. The number of nitrogens with two attached hydrogens (primary N) is 1. The van der Waals surface area contributed by atoms with E-state index in [1.165, 1.54) is 0 Å². The molecule has 1 aromatic carbocycles. The average Bonchev–Trinajstić information content (AvgIpc) is 2.99. The SMILES string of the molecule is CCCN(CCC)C(=O)c1ccc(NC(=O)C[C@@H]2CCC[C@H]2N)cc1.Cl. The first-order chi connectivity index (χ1) is 12.0. The summed E-state index contributed by atoms with van der Waals surface area (Å²) in [6.45, 7) is 5.69. The van der Waals surface area contributed by atoms with Crippen molar-refractivity contribution in [3.8, 4) is 0 Å². The minimum atomic E-state index is 0. The Morgan fingerprint density at radius 1 is 1.12 bits per heavy atom. The fourth-order valence-corrected chi connectivity index (χ4v) is 3.50. The molecular weight excluding hydrogens is 350 g/mol. The van der Waals surface area contributed by atoms with Gasteiger partial charge in [0.25, 0.3) is 5.91 Å². The Labute approximate surface area is 163 Å². The van der Waals surface area contributed by atoms with Gasteiger partial charge in [0.2, 0.25) is 5.91 Å². The Morgan fingerprint density at radius 3 is 2.23 bits per heavy atom. The highest BCUT2D eigenvalue weighted by Crippen LogP contribution is 2.27. The van der Waals surface area contributed by atoms with Crippen LogP contribution in [0.5, 0.6) is 0 Å². The number of halogens is 1. The van der Waals surface area contributed by atoms with Crippen LogP contribution in [-0.4, -0.2) is 35.8 Å². The van der Waals surface area contributed by atoms with Gasteiger partial charge in [0.1, 0.15) is 0 Å². The van der Waals surface area contributed by atoms with Crippen molar-refractivity contribution in [2.45, 2.75) is 58.4 Å². The van der Waals surface area contributed by atoms with Crippen LogP contribution in [0, 0.1) is 5.92 Å². The third-order valence-corrected chi connectivity index (χ3v) is 4.86. The summed E-state index contributed by atoms with van der Waals surface area (Å²) in [5.41, 5.74) is 7.42. The van der Waals surface area contributed by atoms with Crippen molar-refractivity contribution < 1.29 is 9.59 Å². The van der Waals surface area contributed by atoms with Gasteiger partial charge in [0.15, 0.2) is 0 Å². The summed E-state index contributed by atoms with van der Waals surface area (Å²) in [5, 5.41) is 2.92.